The molecule has 4 heteroatoms. The Morgan fingerprint density at radius 3 is 2.52 bits per heavy atom. The summed E-state index contributed by atoms with van der Waals surface area (Å²) in [6.45, 7) is 3.62. The summed E-state index contributed by atoms with van der Waals surface area (Å²) in [5.74, 6) is -0.0750. The molecule has 0 saturated carbocycles. The van der Waals surface area contributed by atoms with E-state index in [0.29, 0.717) is 0 Å². The molecule has 0 spiro atoms. The van der Waals surface area contributed by atoms with Gasteiger partial charge in [0.25, 0.3) is 0 Å². The first-order chi connectivity index (χ1) is 10.1. The maximum Gasteiger partial charge on any atom is 0.221 e. The fraction of sp³-hybridized carbons (Fsp3) is 0.235. The summed E-state index contributed by atoms with van der Waals surface area (Å²) in [6.07, 6.45) is 0.935. The van der Waals surface area contributed by atoms with E-state index >= 15 is 0 Å². The predicted molar refractivity (Wildman–Crippen MR) is 88.9 cm³/mol. The summed E-state index contributed by atoms with van der Waals surface area (Å²) in [4.78, 5) is 11.1. The molecule has 0 aromatic heterocycles. The van der Waals surface area contributed by atoms with Crippen LogP contribution >= 0.6 is 11.6 Å². The largest absolute Gasteiger partial charge is 0.378 e. The lowest BCUT2D eigenvalue weighted by Gasteiger charge is -2.19. The van der Waals surface area contributed by atoms with Crippen LogP contribution in [0, 0.1) is 0 Å². The lowest BCUT2D eigenvalue weighted by molar-refractivity contribution is -0.114. The number of amides is 1. The van der Waals surface area contributed by atoms with Crippen LogP contribution in [0.3, 0.4) is 0 Å². The second-order valence-electron chi connectivity index (χ2n) is 4.92. The van der Waals surface area contributed by atoms with E-state index in [4.69, 9.17) is 11.6 Å². The number of carbonyl (C=O) groups excluding carboxylic acids is 1. The predicted octanol–water partition coefficient (Wildman–Crippen LogP) is 4.86. The molecule has 0 aliphatic carbocycles. The minimum Gasteiger partial charge on any atom is -0.378 e. The molecule has 0 radical (unpaired) electrons. The molecule has 2 rings (SSSR count). The lowest BCUT2D eigenvalue weighted by atomic mass is 10.0. The van der Waals surface area contributed by atoms with Crippen molar-refractivity contribution in [2.45, 2.75) is 26.3 Å². The molecule has 0 heterocycles. The number of benzene rings is 2. The van der Waals surface area contributed by atoms with Gasteiger partial charge in [-0.3, -0.25) is 4.79 Å². The first-order valence-electron chi connectivity index (χ1n) is 6.98. The molecule has 21 heavy (non-hydrogen) atoms. The van der Waals surface area contributed by atoms with Crippen molar-refractivity contribution in [3.05, 3.63) is 59.1 Å². The van der Waals surface area contributed by atoms with Crippen molar-refractivity contribution >= 4 is 28.9 Å². The molecule has 1 atom stereocenters. The van der Waals surface area contributed by atoms with Crippen LogP contribution in [0.1, 0.15) is 31.9 Å². The van der Waals surface area contributed by atoms with Crippen LogP contribution < -0.4 is 10.6 Å². The van der Waals surface area contributed by atoms with Gasteiger partial charge >= 0.3 is 0 Å². The molecule has 0 aliphatic heterocycles. The van der Waals surface area contributed by atoms with Crippen molar-refractivity contribution in [2.75, 3.05) is 10.6 Å². The Labute approximate surface area is 130 Å². The van der Waals surface area contributed by atoms with Crippen LogP contribution in [-0.4, -0.2) is 5.91 Å². The van der Waals surface area contributed by atoms with Gasteiger partial charge in [-0.2, -0.15) is 0 Å². The highest BCUT2D eigenvalue weighted by molar-refractivity contribution is 6.30. The first-order valence-corrected chi connectivity index (χ1v) is 7.36. The molecule has 3 nitrogen and oxygen atoms in total. The van der Waals surface area contributed by atoms with Crippen LogP contribution in [0.15, 0.2) is 48.5 Å². The minimum atomic E-state index is -0.0750. The standard InChI is InChI=1S/C17H19ClN2O/c1-3-17(13-6-4-7-14(18)10-13)20-16-9-5-8-15(11-16)19-12(2)21/h4-11,17,20H,3H2,1-2H3,(H,19,21). The summed E-state index contributed by atoms with van der Waals surface area (Å²) in [7, 11) is 0. The molecule has 2 aromatic carbocycles. The van der Waals surface area contributed by atoms with Crippen molar-refractivity contribution in [3.63, 3.8) is 0 Å². The second kappa shape index (κ2) is 7.14. The van der Waals surface area contributed by atoms with Gasteiger partial charge in [-0.15, -0.1) is 0 Å². The third kappa shape index (κ3) is 4.50. The number of nitrogens with one attached hydrogen (secondary N) is 2. The maximum absolute atomic E-state index is 11.1. The fourth-order valence-corrected chi connectivity index (χ4v) is 2.43. The van der Waals surface area contributed by atoms with Gasteiger partial charge in [-0.05, 0) is 42.3 Å². The van der Waals surface area contributed by atoms with Crippen molar-refractivity contribution in [3.8, 4) is 0 Å². The van der Waals surface area contributed by atoms with E-state index in [2.05, 4.69) is 23.6 Å². The quantitative estimate of drug-likeness (QED) is 0.828. The minimum absolute atomic E-state index is 0.0750. The normalized spacial score (nSPS) is 11.8. The Kier molecular flexibility index (Phi) is 5.23. The zero-order valence-corrected chi connectivity index (χ0v) is 12.9. The Hall–Kier alpha value is -2.00. The Balaban J connectivity index is 2.17. The third-order valence-electron chi connectivity index (χ3n) is 3.18. The zero-order valence-electron chi connectivity index (χ0n) is 12.2. The van der Waals surface area contributed by atoms with E-state index in [-0.39, 0.29) is 11.9 Å². The van der Waals surface area contributed by atoms with Gasteiger partial charge < -0.3 is 10.6 Å². The summed E-state index contributed by atoms with van der Waals surface area (Å²) in [5.41, 5.74) is 2.90. The van der Waals surface area contributed by atoms with Crippen molar-refractivity contribution in [1.82, 2.24) is 0 Å². The molecule has 1 unspecified atom stereocenters. The van der Waals surface area contributed by atoms with E-state index in [0.717, 1.165) is 28.4 Å². The van der Waals surface area contributed by atoms with Gasteiger partial charge in [0.05, 0.1) is 6.04 Å². The van der Waals surface area contributed by atoms with Gasteiger partial charge in [0.2, 0.25) is 5.91 Å². The summed E-state index contributed by atoms with van der Waals surface area (Å²) in [6, 6.07) is 15.7. The molecule has 110 valence electrons. The van der Waals surface area contributed by atoms with Crippen LogP contribution in [0.25, 0.3) is 0 Å². The van der Waals surface area contributed by atoms with Crippen molar-refractivity contribution in [2.24, 2.45) is 0 Å². The highest BCUT2D eigenvalue weighted by Crippen LogP contribution is 2.26. The van der Waals surface area contributed by atoms with E-state index in [1.54, 1.807) is 0 Å². The number of anilines is 2. The SMILES string of the molecule is CCC(Nc1cccc(NC(C)=O)c1)c1cccc(Cl)c1. The highest BCUT2D eigenvalue weighted by atomic mass is 35.5. The zero-order chi connectivity index (χ0) is 15.2. The summed E-state index contributed by atoms with van der Waals surface area (Å²) in [5, 5.41) is 7.00. The monoisotopic (exact) mass is 302 g/mol. The molecule has 0 bridgehead atoms. The molecule has 1 amide bonds. The van der Waals surface area contributed by atoms with Gasteiger partial charge in [0.1, 0.15) is 0 Å². The number of hydrogen-bond donors (Lipinski definition) is 2. The van der Waals surface area contributed by atoms with Gasteiger partial charge in [0, 0.05) is 23.3 Å². The Bertz CT molecular complexity index is 628. The molecular formula is C17H19ClN2O. The highest BCUT2D eigenvalue weighted by Gasteiger charge is 2.10. The third-order valence-corrected chi connectivity index (χ3v) is 3.42. The maximum atomic E-state index is 11.1. The van der Waals surface area contributed by atoms with Gasteiger partial charge in [-0.25, -0.2) is 0 Å². The second-order valence-corrected chi connectivity index (χ2v) is 5.36. The van der Waals surface area contributed by atoms with E-state index in [1.165, 1.54) is 6.92 Å². The van der Waals surface area contributed by atoms with E-state index in [9.17, 15) is 4.79 Å². The van der Waals surface area contributed by atoms with Crippen LogP contribution in [0.5, 0.6) is 0 Å². The number of halogens is 1. The average Bonchev–Trinajstić information content (AvgIpc) is 2.44. The number of rotatable bonds is 5. The van der Waals surface area contributed by atoms with Crippen molar-refractivity contribution in [1.29, 1.82) is 0 Å². The van der Waals surface area contributed by atoms with Crippen LogP contribution in [-0.2, 0) is 4.79 Å². The van der Waals surface area contributed by atoms with Gasteiger partial charge in [0.15, 0.2) is 0 Å². The summed E-state index contributed by atoms with van der Waals surface area (Å²) >= 11 is 6.06. The average molecular weight is 303 g/mol. The summed E-state index contributed by atoms with van der Waals surface area (Å²) < 4.78 is 0. The number of hydrogen-bond acceptors (Lipinski definition) is 2. The smallest absolute Gasteiger partial charge is 0.221 e. The molecule has 0 fully saturated rings. The number of carbonyl (C=O) groups is 1. The first kappa shape index (κ1) is 15.4. The van der Waals surface area contributed by atoms with E-state index < -0.39 is 0 Å². The van der Waals surface area contributed by atoms with Gasteiger partial charge in [-0.1, -0.05) is 36.7 Å². The van der Waals surface area contributed by atoms with Crippen molar-refractivity contribution < 1.29 is 4.79 Å². The molecule has 2 N–H and O–H groups in total. The lowest BCUT2D eigenvalue weighted by Crippen LogP contribution is -2.10. The van der Waals surface area contributed by atoms with Crippen LogP contribution in [0.4, 0.5) is 11.4 Å². The Morgan fingerprint density at radius 1 is 1.14 bits per heavy atom. The molecular weight excluding hydrogens is 284 g/mol. The Morgan fingerprint density at radius 2 is 1.86 bits per heavy atom. The molecule has 0 saturated heterocycles. The molecule has 0 aliphatic rings. The fourth-order valence-electron chi connectivity index (χ4n) is 2.24. The molecule has 2 aromatic rings. The van der Waals surface area contributed by atoms with Crippen LogP contribution in [0.2, 0.25) is 5.02 Å². The topological polar surface area (TPSA) is 41.1 Å². The van der Waals surface area contributed by atoms with E-state index in [1.807, 2.05) is 42.5 Å².